The fraction of sp³-hybridized carbons (Fsp3) is 0.314. The van der Waals surface area contributed by atoms with Gasteiger partial charge in [-0.25, -0.2) is 9.78 Å². The van der Waals surface area contributed by atoms with Crippen molar-refractivity contribution in [3.8, 4) is 22.4 Å². The van der Waals surface area contributed by atoms with Gasteiger partial charge in [0.05, 0.1) is 24.1 Å². The lowest BCUT2D eigenvalue weighted by molar-refractivity contribution is -0.116. The normalized spacial score (nSPS) is 11.4. The van der Waals surface area contributed by atoms with Gasteiger partial charge in [-0.05, 0) is 56.2 Å². The number of carbonyl (C=O) groups is 4. The number of amides is 4. The van der Waals surface area contributed by atoms with E-state index >= 15 is 0 Å². The molecule has 0 unspecified atom stereocenters. The highest BCUT2D eigenvalue weighted by molar-refractivity contribution is 7.14. The molecule has 0 atom stereocenters. The Balaban J connectivity index is 1.34. The van der Waals surface area contributed by atoms with E-state index in [0.29, 0.717) is 28.6 Å². The van der Waals surface area contributed by atoms with Crippen LogP contribution in [0.4, 0.5) is 15.6 Å². The van der Waals surface area contributed by atoms with Crippen LogP contribution < -0.4 is 20.9 Å². The molecule has 4 amide bonds. The predicted molar refractivity (Wildman–Crippen MR) is 185 cm³/mol. The zero-order valence-electron chi connectivity index (χ0n) is 27.6. The zero-order chi connectivity index (χ0) is 34.4. The summed E-state index contributed by atoms with van der Waals surface area (Å²) in [4.78, 5) is 59.9. The first-order valence-corrected chi connectivity index (χ1v) is 15.9. The molecule has 2 aromatic carbocycles. The van der Waals surface area contributed by atoms with Crippen LogP contribution in [-0.4, -0.2) is 59.5 Å². The molecule has 0 fully saturated rings. The van der Waals surface area contributed by atoms with Crippen LogP contribution in [0.5, 0.6) is 0 Å². The Morgan fingerprint density at radius 2 is 1.62 bits per heavy atom. The Hall–Kier alpha value is -5.10. The van der Waals surface area contributed by atoms with Gasteiger partial charge in [-0.3, -0.25) is 19.4 Å². The van der Waals surface area contributed by atoms with Crippen molar-refractivity contribution in [3.63, 3.8) is 0 Å². The quantitative estimate of drug-likeness (QED) is 0.189. The molecule has 0 aliphatic carbocycles. The second kappa shape index (κ2) is 14.5. The molecule has 11 nitrogen and oxygen atoms in total. The van der Waals surface area contributed by atoms with E-state index in [1.807, 2.05) is 55.6 Å². The molecule has 3 N–H and O–H groups in total. The van der Waals surface area contributed by atoms with E-state index in [1.54, 1.807) is 58.4 Å². The van der Waals surface area contributed by atoms with E-state index in [1.165, 1.54) is 23.2 Å². The second-order valence-corrected chi connectivity index (χ2v) is 13.5. The van der Waals surface area contributed by atoms with Crippen LogP contribution in [0.15, 0.2) is 72.4 Å². The average molecular weight is 657 g/mol. The van der Waals surface area contributed by atoms with Crippen molar-refractivity contribution in [2.75, 3.05) is 30.4 Å². The molecule has 2 heterocycles. The van der Waals surface area contributed by atoms with Gasteiger partial charge >= 0.3 is 6.09 Å². The molecule has 0 radical (unpaired) electrons. The van der Waals surface area contributed by atoms with Crippen molar-refractivity contribution in [1.82, 2.24) is 20.6 Å². The highest BCUT2D eigenvalue weighted by Gasteiger charge is 2.24. The number of thiazole rings is 1. The van der Waals surface area contributed by atoms with Crippen LogP contribution in [0, 0.1) is 0 Å². The molecule has 0 saturated carbocycles. The highest BCUT2D eigenvalue weighted by atomic mass is 32.1. The van der Waals surface area contributed by atoms with Crippen molar-refractivity contribution in [2.24, 2.45) is 0 Å². The minimum absolute atomic E-state index is 0.0888. The van der Waals surface area contributed by atoms with E-state index in [4.69, 9.17) is 4.74 Å². The molecule has 0 spiro atoms. The standard InChI is InChI=1S/C35H40N6O5S/c1-22(42)41(7)28-16-26(17-36-18-28)23-10-8-11-24(14-23)29-20-47-32(39-29)40-30(43)19-37-31(44)25-12-9-13-27(15-25)35(5,6)21-38-33(45)46-34(2,3)4/h8-18,20H,19,21H2,1-7H3,(H,37,44)(H,38,45)(H,39,40,43). The van der Waals surface area contributed by atoms with Crippen LogP contribution in [-0.2, 0) is 19.7 Å². The minimum Gasteiger partial charge on any atom is -0.444 e. The summed E-state index contributed by atoms with van der Waals surface area (Å²) >= 11 is 1.28. The van der Waals surface area contributed by atoms with Crippen LogP contribution in [0.3, 0.4) is 0 Å². The maximum absolute atomic E-state index is 12.9. The summed E-state index contributed by atoms with van der Waals surface area (Å²) in [6, 6.07) is 16.7. The van der Waals surface area contributed by atoms with Crippen molar-refractivity contribution >= 4 is 46.0 Å². The fourth-order valence-corrected chi connectivity index (χ4v) is 5.23. The third-order valence-corrected chi connectivity index (χ3v) is 7.97. The van der Waals surface area contributed by atoms with E-state index in [0.717, 1.165) is 22.3 Å². The smallest absolute Gasteiger partial charge is 0.407 e. The predicted octanol–water partition coefficient (Wildman–Crippen LogP) is 6.03. The molecule has 12 heteroatoms. The number of hydrogen-bond donors (Lipinski definition) is 3. The van der Waals surface area contributed by atoms with Crippen LogP contribution in [0.2, 0.25) is 0 Å². The number of pyridine rings is 1. The third-order valence-electron chi connectivity index (χ3n) is 7.21. The Labute approximate surface area is 278 Å². The van der Waals surface area contributed by atoms with Gasteiger partial charge in [-0.15, -0.1) is 11.3 Å². The summed E-state index contributed by atoms with van der Waals surface area (Å²) in [6.45, 7) is 10.9. The lowest BCUT2D eigenvalue weighted by Crippen LogP contribution is -2.40. The fourth-order valence-electron chi connectivity index (χ4n) is 4.49. The molecular formula is C35H40N6O5S. The van der Waals surface area contributed by atoms with Crippen LogP contribution in [0.25, 0.3) is 22.4 Å². The number of rotatable bonds is 10. The van der Waals surface area contributed by atoms with Gasteiger partial charge in [-0.1, -0.05) is 44.2 Å². The summed E-state index contributed by atoms with van der Waals surface area (Å²) < 4.78 is 5.32. The van der Waals surface area contributed by atoms with E-state index in [-0.39, 0.29) is 12.5 Å². The van der Waals surface area contributed by atoms with Crippen molar-refractivity contribution in [1.29, 1.82) is 0 Å². The number of hydrogen-bond acceptors (Lipinski definition) is 8. The minimum atomic E-state index is -0.602. The summed E-state index contributed by atoms with van der Waals surface area (Å²) in [5, 5.41) is 10.4. The number of anilines is 2. The monoisotopic (exact) mass is 656 g/mol. The summed E-state index contributed by atoms with van der Waals surface area (Å²) in [6.07, 6.45) is 2.86. The molecule has 0 saturated heterocycles. The van der Waals surface area contributed by atoms with E-state index in [9.17, 15) is 19.2 Å². The largest absolute Gasteiger partial charge is 0.444 e. The van der Waals surface area contributed by atoms with E-state index in [2.05, 4.69) is 25.9 Å². The van der Waals surface area contributed by atoms with Gasteiger partial charge in [0.1, 0.15) is 5.60 Å². The number of carbonyl (C=O) groups excluding carboxylic acids is 4. The number of nitrogens with one attached hydrogen (secondary N) is 3. The van der Waals surface area contributed by atoms with Gasteiger partial charge in [-0.2, -0.15) is 0 Å². The topological polar surface area (TPSA) is 143 Å². The SMILES string of the molecule is CC(=O)N(C)c1cncc(-c2cccc(-c3csc(NC(=O)CNC(=O)c4cccc(C(C)(C)CNC(=O)OC(C)(C)C)c4)n3)c2)c1. The Bertz CT molecular complexity index is 1780. The van der Waals surface area contributed by atoms with Crippen molar-refractivity contribution < 1.29 is 23.9 Å². The Morgan fingerprint density at radius 1 is 0.894 bits per heavy atom. The number of alkyl carbamates (subject to hydrolysis) is 1. The van der Waals surface area contributed by atoms with Gasteiger partial charge in [0.25, 0.3) is 5.91 Å². The van der Waals surface area contributed by atoms with Crippen LogP contribution >= 0.6 is 11.3 Å². The van der Waals surface area contributed by atoms with Gasteiger partial charge in [0, 0.05) is 54.2 Å². The first kappa shape index (κ1) is 34.8. The molecule has 0 aliphatic rings. The maximum atomic E-state index is 12.9. The molecule has 47 heavy (non-hydrogen) atoms. The third kappa shape index (κ3) is 9.69. The lowest BCUT2D eigenvalue weighted by atomic mass is 9.84. The molecule has 0 bridgehead atoms. The van der Waals surface area contributed by atoms with Gasteiger partial charge < -0.3 is 25.6 Å². The average Bonchev–Trinajstić information content (AvgIpc) is 3.50. The van der Waals surface area contributed by atoms with Crippen LogP contribution in [0.1, 0.15) is 57.5 Å². The molecule has 0 aliphatic heterocycles. The van der Waals surface area contributed by atoms with Gasteiger partial charge in [0.2, 0.25) is 11.8 Å². The summed E-state index contributed by atoms with van der Waals surface area (Å²) in [7, 11) is 1.70. The van der Waals surface area contributed by atoms with Gasteiger partial charge in [0.15, 0.2) is 5.13 Å². The lowest BCUT2D eigenvalue weighted by Gasteiger charge is -2.27. The number of aromatic nitrogens is 2. The second-order valence-electron chi connectivity index (χ2n) is 12.7. The Kier molecular flexibility index (Phi) is 10.8. The van der Waals surface area contributed by atoms with E-state index < -0.39 is 28.9 Å². The molecule has 4 rings (SSSR count). The number of nitrogens with zero attached hydrogens (tertiary/aromatic N) is 3. The molecular weight excluding hydrogens is 616 g/mol. The zero-order valence-corrected chi connectivity index (χ0v) is 28.5. The molecule has 2 aromatic heterocycles. The Morgan fingerprint density at radius 3 is 2.34 bits per heavy atom. The molecule has 246 valence electrons. The first-order chi connectivity index (χ1) is 22.1. The van der Waals surface area contributed by atoms with Crippen molar-refractivity contribution in [3.05, 3.63) is 83.5 Å². The van der Waals surface area contributed by atoms with Crippen molar-refractivity contribution in [2.45, 2.75) is 52.6 Å². The first-order valence-electron chi connectivity index (χ1n) is 15.0. The summed E-state index contributed by atoms with van der Waals surface area (Å²) in [5.41, 5.74) is 4.13. The molecule has 4 aromatic rings. The highest BCUT2D eigenvalue weighted by Crippen LogP contribution is 2.30. The number of benzene rings is 2. The number of ether oxygens (including phenoxy) is 1. The summed E-state index contributed by atoms with van der Waals surface area (Å²) in [5.74, 6) is -0.903. The maximum Gasteiger partial charge on any atom is 0.407 e.